The zero-order chi connectivity index (χ0) is 15.6. The SMILES string of the molecule is CCOC(=O)c1c(C)[nH]c(C(=O)Cn2cc(Cl)cn2)c1C. The number of nitrogens with one attached hydrogen (secondary N) is 1. The Morgan fingerprint density at radius 1 is 1.43 bits per heavy atom. The largest absolute Gasteiger partial charge is 0.462 e. The number of rotatable bonds is 5. The molecule has 6 nitrogen and oxygen atoms in total. The Labute approximate surface area is 127 Å². The number of ketones is 1. The van der Waals surface area contributed by atoms with Crippen LogP contribution in [0.15, 0.2) is 12.4 Å². The summed E-state index contributed by atoms with van der Waals surface area (Å²) in [7, 11) is 0. The van der Waals surface area contributed by atoms with E-state index < -0.39 is 5.97 Å². The van der Waals surface area contributed by atoms with Gasteiger partial charge in [0.2, 0.25) is 5.78 Å². The van der Waals surface area contributed by atoms with Crippen LogP contribution in [0.1, 0.15) is 39.0 Å². The summed E-state index contributed by atoms with van der Waals surface area (Å²) in [4.78, 5) is 27.2. The van der Waals surface area contributed by atoms with Gasteiger partial charge in [0.1, 0.15) is 6.54 Å². The monoisotopic (exact) mass is 309 g/mol. The highest BCUT2D eigenvalue weighted by Gasteiger charge is 2.22. The van der Waals surface area contributed by atoms with E-state index in [1.54, 1.807) is 27.0 Å². The zero-order valence-corrected chi connectivity index (χ0v) is 12.8. The van der Waals surface area contributed by atoms with Crippen LogP contribution in [-0.4, -0.2) is 33.1 Å². The smallest absolute Gasteiger partial charge is 0.340 e. The molecular formula is C14H16ClN3O3. The Morgan fingerprint density at radius 3 is 2.71 bits per heavy atom. The summed E-state index contributed by atoms with van der Waals surface area (Å²) in [5.74, 6) is -0.601. The van der Waals surface area contributed by atoms with Gasteiger partial charge < -0.3 is 9.72 Å². The maximum absolute atomic E-state index is 12.3. The number of aromatic nitrogens is 3. The van der Waals surface area contributed by atoms with Crippen LogP contribution in [0.5, 0.6) is 0 Å². The van der Waals surface area contributed by atoms with Crippen molar-refractivity contribution in [3.63, 3.8) is 0 Å². The maximum atomic E-state index is 12.3. The van der Waals surface area contributed by atoms with E-state index in [0.29, 0.717) is 27.5 Å². The summed E-state index contributed by atoms with van der Waals surface area (Å²) in [6.45, 7) is 5.54. The average molecular weight is 310 g/mol. The molecule has 0 aliphatic carbocycles. The predicted octanol–water partition coefficient (Wildman–Crippen LogP) is 2.54. The first-order chi connectivity index (χ1) is 9.93. The lowest BCUT2D eigenvalue weighted by Gasteiger charge is -2.03. The number of esters is 1. The topological polar surface area (TPSA) is 77.0 Å². The van der Waals surface area contributed by atoms with Gasteiger partial charge in [0.25, 0.3) is 0 Å². The lowest BCUT2D eigenvalue weighted by atomic mass is 10.1. The summed E-state index contributed by atoms with van der Waals surface area (Å²) >= 11 is 5.76. The number of aromatic amines is 1. The van der Waals surface area contributed by atoms with E-state index in [2.05, 4.69) is 10.1 Å². The van der Waals surface area contributed by atoms with Crippen molar-refractivity contribution >= 4 is 23.4 Å². The van der Waals surface area contributed by atoms with E-state index in [0.717, 1.165) is 0 Å². The minimum Gasteiger partial charge on any atom is -0.462 e. The van der Waals surface area contributed by atoms with Gasteiger partial charge in [-0.25, -0.2) is 4.79 Å². The molecule has 2 rings (SSSR count). The first-order valence-corrected chi connectivity index (χ1v) is 6.89. The van der Waals surface area contributed by atoms with Crippen LogP contribution in [0.2, 0.25) is 5.02 Å². The number of halogens is 1. The lowest BCUT2D eigenvalue weighted by Crippen LogP contribution is -2.13. The van der Waals surface area contributed by atoms with Crippen molar-refractivity contribution in [2.24, 2.45) is 0 Å². The Balaban J connectivity index is 2.26. The molecule has 0 bridgehead atoms. The standard InChI is InChI=1S/C14H16ClN3O3/c1-4-21-14(20)12-8(2)13(17-9(12)3)11(19)7-18-6-10(15)5-16-18/h5-6,17H,4,7H2,1-3H3. The van der Waals surface area contributed by atoms with Gasteiger partial charge in [0, 0.05) is 11.9 Å². The first-order valence-electron chi connectivity index (χ1n) is 6.51. The van der Waals surface area contributed by atoms with Crippen LogP contribution in [0, 0.1) is 13.8 Å². The van der Waals surface area contributed by atoms with Gasteiger partial charge in [-0.1, -0.05) is 11.6 Å². The van der Waals surface area contributed by atoms with Crippen LogP contribution in [-0.2, 0) is 11.3 Å². The molecule has 2 heterocycles. The molecule has 2 aromatic rings. The fourth-order valence-electron chi connectivity index (χ4n) is 2.19. The van der Waals surface area contributed by atoms with Gasteiger partial charge in [-0.05, 0) is 26.3 Å². The highest BCUT2D eigenvalue weighted by atomic mass is 35.5. The van der Waals surface area contributed by atoms with Crippen molar-refractivity contribution in [1.82, 2.24) is 14.8 Å². The van der Waals surface area contributed by atoms with Crippen molar-refractivity contribution in [2.45, 2.75) is 27.3 Å². The van der Waals surface area contributed by atoms with Crippen LogP contribution in [0.4, 0.5) is 0 Å². The molecule has 0 radical (unpaired) electrons. The number of hydrogen-bond donors (Lipinski definition) is 1. The molecule has 0 spiro atoms. The van der Waals surface area contributed by atoms with Gasteiger partial charge in [-0.15, -0.1) is 0 Å². The third kappa shape index (κ3) is 3.16. The molecule has 0 aliphatic heterocycles. The summed E-state index contributed by atoms with van der Waals surface area (Å²) < 4.78 is 6.45. The number of carbonyl (C=O) groups is 2. The van der Waals surface area contributed by atoms with Gasteiger partial charge in [-0.2, -0.15) is 5.10 Å². The van der Waals surface area contributed by atoms with Crippen molar-refractivity contribution in [2.75, 3.05) is 6.61 Å². The van der Waals surface area contributed by atoms with Gasteiger partial charge in [-0.3, -0.25) is 9.48 Å². The number of nitrogens with zero attached hydrogens (tertiary/aromatic N) is 2. The number of ether oxygens (including phenoxy) is 1. The Bertz CT molecular complexity index is 688. The third-order valence-corrected chi connectivity index (χ3v) is 3.30. The minimum absolute atomic E-state index is 0.0514. The molecule has 21 heavy (non-hydrogen) atoms. The molecule has 0 aromatic carbocycles. The van der Waals surface area contributed by atoms with E-state index in [-0.39, 0.29) is 18.9 Å². The van der Waals surface area contributed by atoms with Crippen LogP contribution in [0.25, 0.3) is 0 Å². The molecule has 0 atom stereocenters. The normalized spacial score (nSPS) is 10.7. The number of aryl methyl sites for hydroxylation is 1. The van der Waals surface area contributed by atoms with E-state index in [4.69, 9.17) is 16.3 Å². The molecule has 112 valence electrons. The second-order valence-corrected chi connectivity index (χ2v) is 5.06. The summed E-state index contributed by atoms with van der Waals surface area (Å²) in [6, 6.07) is 0. The van der Waals surface area contributed by atoms with Crippen molar-refractivity contribution in [3.8, 4) is 0 Å². The van der Waals surface area contributed by atoms with Crippen LogP contribution >= 0.6 is 11.6 Å². The number of Topliss-reactive ketones (excluding diaryl/α,β-unsaturated/α-hetero) is 1. The Kier molecular flexibility index (Phi) is 4.47. The van der Waals surface area contributed by atoms with E-state index in [9.17, 15) is 9.59 Å². The highest BCUT2D eigenvalue weighted by Crippen LogP contribution is 2.20. The van der Waals surface area contributed by atoms with Gasteiger partial charge in [0.15, 0.2) is 0 Å². The fraction of sp³-hybridized carbons (Fsp3) is 0.357. The fourth-order valence-corrected chi connectivity index (χ4v) is 2.35. The van der Waals surface area contributed by atoms with E-state index in [1.807, 2.05) is 0 Å². The molecule has 0 amide bonds. The van der Waals surface area contributed by atoms with E-state index >= 15 is 0 Å². The molecule has 0 saturated carbocycles. The molecule has 0 unspecified atom stereocenters. The molecule has 1 N–H and O–H groups in total. The molecule has 0 fully saturated rings. The number of H-pyrrole nitrogens is 1. The maximum Gasteiger partial charge on any atom is 0.340 e. The average Bonchev–Trinajstić information content (AvgIpc) is 2.93. The Morgan fingerprint density at radius 2 is 2.14 bits per heavy atom. The molecule has 7 heteroatoms. The number of carbonyl (C=O) groups excluding carboxylic acids is 2. The molecule has 0 aliphatic rings. The lowest BCUT2D eigenvalue weighted by molar-refractivity contribution is 0.0525. The van der Waals surface area contributed by atoms with Crippen LogP contribution in [0.3, 0.4) is 0 Å². The predicted molar refractivity (Wildman–Crippen MR) is 77.8 cm³/mol. The molecule has 0 saturated heterocycles. The van der Waals surface area contributed by atoms with Crippen LogP contribution < -0.4 is 0 Å². The quantitative estimate of drug-likeness (QED) is 0.680. The summed E-state index contributed by atoms with van der Waals surface area (Å²) in [5, 5.41) is 4.43. The van der Waals surface area contributed by atoms with Gasteiger partial charge in [0.05, 0.1) is 29.1 Å². The van der Waals surface area contributed by atoms with Crippen molar-refractivity contribution in [3.05, 3.63) is 39.9 Å². The van der Waals surface area contributed by atoms with Crippen molar-refractivity contribution in [1.29, 1.82) is 0 Å². The highest BCUT2D eigenvalue weighted by molar-refractivity contribution is 6.30. The first kappa shape index (κ1) is 15.3. The molecule has 2 aromatic heterocycles. The number of hydrogen-bond acceptors (Lipinski definition) is 4. The Hall–Kier alpha value is -2.08. The summed E-state index contributed by atoms with van der Waals surface area (Å²) in [5.41, 5.74) is 2.02. The van der Waals surface area contributed by atoms with Gasteiger partial charge >= 0.3 is 5.97 Å². The van der Waals surface area contributed by atoms with Crippen molar-refractivity contribution < 1.29 is 14.3 Å². The third-order valence-electron chi connectivity index (χ3n) is 3.10. The minimum atomic E-state index is -0.426. The van der Waals surface area contributed by atoms with E-state index in [1.165, 1.54) is 10.9 Å². The second-order valence-electron chi connectivity index (χ2n) is 4.62. The summed E-state index contributed by atoms with van der Waals surface area (Å²) in [6.07, 6.45) is 3.03. The molecular weight excluding hydrogens is 294 g/mol. The zero-order valence-electron chi connectivity index (χ0n) is 12.1. The second kappa shape index (κ2) is 6.13.